The van der Waals surface area contributed by atoms with E-state index in [4.69, 9.17) is 19.3 Å². The van der Waals surface area contributed by atoms with E-state index >= 15 is 0 Å². The van der Waals surface area contributed by atoms with Gasteiger partial charge in [0, 0.05) is 0 Å². The Morgan fingerprint density at radius 2 is 2.05 bits per heavy atom. The predicted molar refractivity (Wildman–Crippen MR) is 59.4 cm³/mol. The first-order valence-electron chi connectivity index (χ1n) is 5.63. The van der Waals surface area contributed by atoms with Crippen molar-refractivity contribution in [2.24, 2.45) is 5.92 Å². The van der Waals surface area contributed by atoms with Crippen molar-refractivity contribution in [2.45, 2.75) is 12.8 Å². The molecule has 20 heavy (non-hydrogen) atoms. The molecule has 0 bridgehead atoms. The Bertz CT molecular complexity index is 500. The van der Waals surface area contributed by atoms with Gasteiger partial charge in [-0.15, -0.1) is 0 Å². The number of benzene rings is 1. The van der Waals surface area contributed by atoms with Gasteiger partial charge in [0.15, 0.2) is 17.4 Å². The third-order valence-corrected chi connectivity index (χ3v) is 2.68. The Morgan fingerprint density at radius 3 is 2.70 bits per heavy atom. The molecule has 0 fully saturated rings. The van der Waals surface area contributed by atoms with E-state index in [1.165, 1.54) is 0 Å². The fourth-order valence-corrected chi connectivity index (χ4v) is 1.63. The normalized spacial score (nSPS) is 15.2. The number of hydrogen-bond donors (Lipinski definition) is 1. The van der Waals surface area contributed by atoms with Gasteiger partial charge in [-0.1, -0.05) is 6.07 Å². The van der Waals surface area contributed by atoms with Crippen LogP contribution in [0.3, 0.4) is 0 Å². The molecule has 0 aliphatic carbocycles. The van der Waals surface area contributed by atoms with Crippen molar-refractivity contribution in [3.05, 3.63) is 23.8 Å². The Kier molecular flexibility index (Phi) is 4.03. The molecule has 1 heterocycles. The molecule has 5 nitrogen and oxygen atoms in total. The fourth-order valence-electron chi connectivity index (χ4n) is 1.63. The van der Waals surface area contributed by atoms with E-state index in [0.717, 1.165) is 0 Å². The van der Waals surface area contributed by atoms with Crippen LogP contribution in [0.2, 0.25) is 0 Å². The highest BCUT2D eigenvalue weighted by atomic mass is 19.4. The molecule has 1 aliphatic heterocycles. The van der Waals surface area contributed by atoms with Gasteiger partial charge >= 0.3 is 12.1 Å². The zero-order chi connectivity index (χ0) is 14.8. The first kappa shape index (κ1) is 14.4. The molecule has 2 rings (SSSR count). The van der Waals surface area contributed by atoms with E-state index < -0.39 is 24.7 Å². The highest BCUT2D eigenvalue weighted by Crippen LogP contribution is 2.33. The van der Waals surface area contributed by atoms with Crippen molar-refractivity contribution in [1.29, 1.82) is 0 Å². The number of halogens is 3. The molecule has 0 spiro atoms. The molecular formula is C12H11F3O5. The summed E-state index contributed by atoms with van der Waals surface area (Å²) in [6.45, 7) is -0.988. The molecule has 0 radical (unpaired) electrons. The second-order valence-electron chi connectivity index (χ2n) is 4.14. The lowest BCUT2D eigenvalue weighted by atomic mass is 10.1. The quantitative estimate of drug-likeness (QED) is 0.901. The van der Waals surface area contributed by atoms with Crippen LogP contribution in [0.1, 0.15) is 5.56 Å². The minimum atomic E-state index is -4.83. The van der Waals surface area contributed by atoms with Crippen LogP contribution < -0.4 is 9.47 Å². The van der Waals surface area contributed by atoms with Gasteiger partial charge < -0.3 is 19.3 Å². The first-order valence-corrected chi connectivity index (χ1v) is 5.63. The van der Waals surface area contributed by atoms with Gasteiger partial charge in [0.1, 0.15) is 0 Å². The SMILES string of the molecule is O=C(O)C(COCc1ccc2c(c1)OCO2)C(F)(F)F. The Morgan fingerprint density at radius 1 is 1.35 bits per heavy atom. The number of hydrogen-bond acceptors (Lipinski definition) is 4. The molecule has 1 N–H and O–H groups in total. The maximum atomic E-state index is 12.4. The number of alkyl halides is 3. The third kappa shape index (κ3) is 3.32. The average molecular weight is 292 g/mol. The van der Waals surface area contributed by atoms with Gasteiger partial charge in [-0.05, 0) is 17.7 Å². The summed E-state index contributed by atoms with van der Waals surface area (Å²) < 4.78 is 52.2. The molecule has 0 saturated heterocycles. The molecule has 0 amide bonds. The highest BCUT2D eigenvalue weighted by Gasteiger charge is 2.45. The van der Waals surface area contributed by atoms with Crippen LogP contribution in [0.5, 0.6) is 11.5 Å². The number of carboxylic acids is 1. The second kappa shape index (κ2) is 5.58. The lowest BCUT2D eigenvalue weighted by molar-refractivity contribution is -0.203. The summed E-state index contributed by atoms with van der Waals surface area (Å²) in [6.07, 6.45) is -4.83. The molecular weight excluding hydrogens is 281 g/mol. The minimum absolute atomic E-state index is 0.0921. The summed E-state index contributed by atoms with van der Waals surface area (Å²) in [5.41, 5.74) is 0.570. The van der Waals surface area contributed by atoms with Crippen molar-refractivity contribution >= 4 is 5.97 Å². The standard InChI is InChI=1S/C12H11F3O5/c13-12(14,15)8(11(16)17)5-18-4-7-1-2-9-10(3-7)20-6-19-9/h1-3,8H,4-6H2,(H,16,17). The summed E-state index contributed by atoms with van der Waals surface area (Å²) in [4.78, 5) is 10.5. The fraction of sp³-hybridized carbons (Fsp3) is 0.417. The molecule has 110 valence electrons. The van der Waals surface area contributed by atoms with Crippen molar-refractivity contribution in [3.8, 4) is 11.5 Å². The topological polar surface area (TPSA) is 65.0 Å². The van der Waals surface area contributed by atoms with Crippen LogP contribution >= 0.6 is 0 Å². The third-order valence-electron chi connectivity index (χ3n) is 2.68. The van der Waals surface area contributed by atoms with Crippen LogP contribution in [-0.4, -0.2) is 30.7 Å². The Labute approximate surface area is 111 Å². The molecule has 1 aliphatic rings. The van der Waals surface area contributed by atoms with Gasteiger partial charge in [-0.3, -0.25) is 4.79 Å². The number of aliphatic carboxylic acids is 1. The lowest BCUT2D eigenvalue weighted by Gasteiger charge is -2.16. The highest BCUT2D eigenvalue weighted by molar-refractivity contribution is 5.71. The number of fused-ring (bicyclic) bond motifs is 1. The van der Waals surface area contributed by atoms with E-state index in [0.29, 0.717) is 17.1 Å². The van der Waals surface area contributed by atoms with Crippen LogP contribution in [0.15, 0.2) is 18.2 Å². The second-order valence-corrected chi connectivity index (χ2v) is 4.14. The van der Waals surface area contributed by atoms with Crippen molar-refractivity contribution in [3.63, 3.8) is 0 Å². The summed E-state index contributed by atoms with van der Waals surface area (Å²) in [6, 6.07) is 4.79. The predicted octanol–water partition coefficient (Wildman–Crippen LogP) is 2.20. The molecule has 1 aromatic rings. The molecule has 1 atom stereocenters. The minimum Gasteiger partial charge on any atom is -0.481 e. The van der Waals surface area contributed by atoms with Crippen molar-refractivity contribution in [1.82, 2.24) is 0 Å². The van der Waals surface area contributed by atoms with Crippen molar-refractivity contribution < 1.29 is 37.3 Å². The number of rotatable bonds is 5. The summed E-state index contributed by atoms with van der Waals surface area (Å²) in [7, 11) is 0. The van der Waals surface area contributed by atoms with Crippen LogP contribution in [0.4, 0.5) is 13.2 Å². The number of carbonyl (C=O) groups is 1. The van der Waals surface area contributed by atoms with E-state index in [9.17, 15) is 18.0 Å². The Balaban J connectivity index is 1.91. The summed E-state index contributed by atoms with van der Waals surface area (Å²) >= 11 is 0. The zero-order valence-corrected chi connectivity index (χ0v) is 10.1. The van der Waals surface area contributed by atoms with Gasteiger partial charge in [-0.25, -0.2) is 0 Å². The smallest absolute Gasteiger partial charge is 0.404 e. The number of ether oxygens (including phenoxy) is 3. The molecule has 1 aromatic carbocycles. The lowest BCUT2D eigenvalue weighted by Crippen LogP contribution is -2.34. The number of carboxylic acid groups (broad SMARTS) is 1. The van der Waals surface area contributed by atoms with Gasteiger partial charge in [0.05, 0.1) is 13.2 Å². The maximum Gasteiger partial charge on any atom is 0.404 e. The van der Waals surface area contributed by atoms with Gasteiger partial charge in [0.25, 0.3) is 0 Å². The summed E-state index contributed by atoms with van der Waals surface area (Å²) in [5, 5.41) is 8.50. The largest absolute Gasteiger partial charge is 0.481 e. The van der Waals surface area contributed by atoms with Crippen LogP contribution in [-0.2, 0) is 16.1 Å². The van der Waals surface area contributed by atoms with Crippen LogP contribution in [0, 0.1) is 5.92 Å². The summed E-state index contributed by atoms with van der Waals surface area (Å²) in [5.74, 6) is -3.45. The molecule has 0 saturated carbocycles. The van der Waals surface area contributed by atoms with E-state index in [-0.39, 0.29) is 13.4 Å². The van der Waals surface area contributed by atoms with E-state index in [2.05, 4.69) is 0 Å². The van der Waals surface area contributed by atoms with Crippen molar-refractivity contribution in [2.75, 3.05) is 13.4 Å². The Hall–Kier alpha value is -1.96. The molecule has 8 heteroatoms. The van der Waals surface area contributed by atoms with Crippen LogP contribution in [0.25, 0.3) is 0 Å². The van der Waals surface area contributed by atoms with Gasteiger partial charge in [0.2, 0.25) is 6.79 Å². The molecule has 1 unspecified atom stereocenters. The van der Waals surface area contributed by atoms with E-state index in [1.807, 2.05) is 0 Å². The zero-order valence-electron chi connectivity index (χ0n) is 10.1. The molecule has 0 aromatic heterocycles. The first-order chi connectivity index (χ1) is 9.38. The monoisotopic (exact) mass is 292 g/mol. The van der Waals surface area contributed by atoms with Gasteiger partial charge in [-0.2, -0.15) is 13.2 Å². The average Bonchev–Trinajstić information content (AvgIpc) is 2.79. The van der Waals surface area contributed by atoms with E-state index in [1.54, 1.807) is 18.2 Å². The maximum absolute atomic E-state index is 12.4.